The Morgan fingerprint density at radius 3 is 2.29 bits per heavy atom. The van der Waals surface area contributed by atoms with Gasteiger partial charge in [-0.15, -0.1) is 0 Å². The zero-order valence-corrected chi connectivity index (χ0v) is 18.6. The van der Waals surface area contributed by atoms with Crippen molar-refractivity contribution in [2.75, 3.05) is 13.4 Å². The van der Waals surface area contributed by atoms with Crippen molar-refractivity contribution in [3.63, 3.8) is 0 Å². The van der Waals surface area contributed by atoms with E-state index in [0.717, 1.165) is 35.7 Å². The highest BCUT2D eigenvalue weighted by Gasteiger charge is 2.13. The molecule has 0 bridgehead atoms. The predicted molar refractivity (Wildman–Crippen MR) is 125 cm³/mol. The van der Waals surface area contributed by atoms with Crippen LogP contribution in [0, 0.1) is 11.3 Å². The lowest BCUT2D eigenvalue weighted by atomic mass is 10.0. The summed E-state index contributed by atoms with van der Waals surface area (Å²) in [5, 5.41) is 9.60. The van der Waals surface area contributed by atoms with E-state index >= 15 is 0 Å². The maximum atomic E-state index is 9.60. The number of hydrogen-bond donors (Lipinski definition) is 0. The van der Waals surface area contributed by atoms with E-state index in [2.05, 4.69) is 13.0 Å². The Hall–Kier alpha value is -2.93. The Morgan fingerprint density at radius 2 is 1.58 bits per heavy atom. The third kappa shape index (κ3) is 7.36. The number of nitrogens with zero attached hydrogens (tertiary/aromatic N) is 1. The number of unbranched alkanes of at least 4 members (excludes halogenated alkanes) is 8. The Labute approximate surface area is 186 Å². The zero-order chi connectivity index (χ0) is 21.7. The first kappa shape index (κ1) is 22.7. The third-order valence-corrected chi connectivity index (χ3v) is 5.51. The highest BCUT2D eigenvalue weighted by molar-refractivity contribution is 5.90. The number of allylic oxidation sites excluding steroid dienone is 1. The van der Waals surface area contributed by atoms with Gasteiger partial charge in [-0.3, -0.25) is 0 Å². The van der Waals surface area contributed by atoms with Gasteiger partial charge in [0.25, 0.3) is 0 Å². The summed E-state index contributed by atoms with van der Waals surface area (Å²) >= 11 is 0. The summed E-state index contributed by atoms with van der Waals surface area (Å²) in [6.45, 7) is 3.25. The molecule has 31 heavy (non-hydrogen) atoms. The van der Waals surface area contributed by atoms with E-state index < -0.39 is 0 Å². The summed E-state index contributed by atoms with van der Waals surface area (Å²) in [5.41, 5.74) is 2.38. The van der Waals surface area contributed by atoms with Gasteiger partial charge in [-0.2, -0.15) is 5.26 Å². The van der Waals surface area contributed by atoms with Crippen LogP contribution in [0.2, 0.25) is 0 Å². The van der Waals surface area contributed by atoms with Crippen molar-refractivity contribution < 1.29 is 14.2 Å². The fourth-order valence-electron chi connectivity index (χ4n) is 3.68. The molecule has 0 aliphatic carbocycles. The third-order valence-electron chi connectivity index (χ3n) is 5.51. The fourth-order valence-corrected chi connectivity index (χ4v) is 3.68. The molecule has 3 rings (SSSR count). The molecule has 4 nitrogen and oxygen atoms in total. The van der Waals surface area contributed by atoms with Gasteiger partial charge in [0.05, 0.1) is 18.2 Å². The predicted octanol–water partition coefficient (Wildman–Crippen LogP) is 7.39. The molecule has 0 amide bonds. The van der Waals surface area contributed by atoms with Gasteiger partial charge in [-0.25, -0.2) is 0 Å². The quantitative estimate of drug-likeness (QED) is 0.193. The molecule has 0 radical (unpaired) electrons. The van der Waals surface area contributed by atoms with Gasteiger partial charge in [0.1, 0.15) is 5.75 Å². The molecule has 0 atom stereocenters. The Kier molecular flexibility index (Phi) is 9.32. The van der Waals surface area contributed by atoms with Crippen LogP contribution in [0.25, 0.3) is 11.6 Å². The number of fused-ring (bicyclic) bond motifs is 1. The molecule has 2 aromatic rings. The molecule has 2 aromatic carbocycles. The molecule has 0 unspecified atom stereocenters. The van der Waals surface area contributed by atoms with Gasteiger partial charge in [-0.05, 0) is 60.0 Å². The van der Waals surface area contributed by atoms with Crippen LogP contribution in [0.5, 0.6) is 17.2 Å². The van der Waals surface area contributed by atoms with Gasteiger partial charge in [-0.1, -0.05) is 64.4 Å². The largest absolute Gasteiger partial charge is 0.494 e. The normalized spacial score (nSPS) is 12.6. The van der Waals surface area contributed by atoms with Crippen LogP contribution in [-0.4, -0.2) is 13.4 Å². The number of rotatable bonds is 13. The van der Waals surface area contributed by atoms with Crippen LogP contribution < -0.4 is 14.2 Å². The molecule has 1 heterocycles. The number of nitriles is 1. The topological polar surface area (TPSA) is 51.5 Å². The molecule has 0 spiro atoms. The molecule has 0 N–H and O–H groups in total. The van der Waals surface area contributed by atoms with Gasteiger partial charge in [0.2, 0.25) is 6.79 Å². The first-order valence-electron chi connectivity index (χ1n) is 11.5. The highest BCUT2D eigenvalue weighted by atomic mass is 16.7. The first-order chi connectivity index (χ1) is 15.3. The van der Waals surface area contributed by atoms with E-state index in [9.17, 15) is 5.26 Å². The van der Waals surface area contributed by atoms with Crippen molar-refractivity contribution in [1.82, 2.24) is 0 Å². The first-order valence-corrected chi connectivity index (χ1v) is 11.5. The highest BCUT2D eigenvalue weighted by Crippen LogP contribution is 2.33. The molecule has 4 heteroatoms. The summed E-state index contributed by atoms with van der Waals surface area (Å²) in [5.74, 6) is 2.30. The van der Waals surface area contributed by atoms with Crippen molar-refractivity contribution in [3.8, 4) is 23.3 Å². The number of hydrogen-bond acceptors (Lipinski definition) is 4. The standard InChI is InChI=1S/C27H33NO3/c1-2-3-4-5-6-7-8-9-10-17-29-25-14-12-23(13-15-25)24(20-28)18-22-11-16-26-27(19-22)31-21-30-26/h11-16,18-19H,2-10,17,21H2,1H3. The van der Waals surface area contributed by atoms with E-state index in [1.807, 2.05) is 48.5 Å². The van der Waals surface area contributed by atoms with Crippen molar-refractivity contribution in [2.45, 2.75) is 64.7 Å². The Bertz CT molecular complexity index is 880. The average Bonchev–Trinajstić information content (AvgIpc) is 3.27. The van der Waals surface area contributed by atoms with E-state index in [1.54, 1.807) is 0 Å². The van der Waals surface area contributed by atoms with Gasteiger partial charge < -0.3 is 14.2 Å². The molecular formula is C27H33NO3. The van der Waals surface area contributed by atoms with Gasteiger partial charge in [0.15, 0.2) is 11.5 Å². The minimum Gasteiger partial charge on any atom is -0.494 e. The Morgan fingerprint density at radius 1 is 0.903 bits per heavy atom. The molecule has 0 saturated heterocycles. The van der Waals surface area contributed by atoms with Crippen LogP contribution in [0.4, 0.5) is 0 Å². The maximum absolute atomic E-state index is 9.60. The fraction of sp³-hybridized carbons (Fsp3) is 0.444. The summed E-state index contributed by atoms with van der Waals surface area (Å²) in [7, 11) is 0. The number of benzene rings is 2. The van der Waals surface area contributed by atoms with E-state index in [1.165, 1.54) is 51.4 Å². The van der Waals surface area contributed by atoms with E-state index in [4.69, 9.17) is 14.2 Å². The van der Waals surface area contributed by atoms with Crippen LogP contribution in [0.1, 0.15) is 75.8 Å². The molecule has 0 aromatic heterocycles. The lowest BCUT2D eigenvalue weighted by Crippen LogP contribution is -1.97. The molecule has 1 aliphatic heterocycles. The summed E-state index contributed by atoms with van der Waals surface area (Å²) in [6, 6.07) is 15.7. The van der Waals surface area contributed by atoms with Crippen LogP contribution in [0.3, 0.4) is 0 Å². The van der Waals surface area contributed by atoms with Gasteiger partial charge >= 0.3 is 0 Å². The second-order valence-corrected chi connectivity index (χ2v) is 7.98. The van der Waals surface area contributed by atoms with Crippen molar-refractivity contribution in [2.24, 2.45) is 0 Å². The summed E-state index contributed by atoms with van der Waals surface area (Å²) in [4.78, 5) is 0. The van der Waals surface area contributed by atoms with Crippen molar-refractivity contribution in [1.29, 1.82) is 5.26 Å². The second-order valence-electron chi connectivity index (χ2n) is 7.98. The summed E-state index contributed by atoms with van der Waals surface area (Å²) in [6.07, 6.45) is 13.6. The number of ether oxygens (including phenoxy) is 3. The van der Waals surface area contributed by atoms with Crippen molar-refractivity contribution in [3.05, 3.63) is 53.6 Å². The van der Waals surface area contributed by atoms with E-state index in [0.29, 0.717) is 11.3 Å². The second kappa shape index (κ2) is 12.7. The lowest BCUT2D eigenvalue weighted by Gasteiger charge is -2.07. The molecule has 0 saturated carbocycles. The van der Waals surface area contributed by atoms with Crippen molar-refractivity contribution >= 4 is 11.6 Å². The molecule has 164 valence electrons. The van der Waals surface area contributed by atoms with Gasteiger partial charge in [0, 0.05) is 0 Å². The Balaban J connectivity index is 1.41. The van der Waals surface area contributed by atoms with Crippen LogP contribution in [0.15, 0.2) is 42.5 Å². The maximum Gasteiger partial charge on any atom is 0.231 e. The smallest absolute Gasteiger partial charge is 0.231 e. The molecule has 1 aliphatic rings. The monoisotopic (exact) mass is 419 g/mol. The minimum atomic E-state index is 0.244. The lowest BCUT2D eigenvalue weighted by molar-refractivity contribution is 0.174. The van der Waals surface area contributed by atoms with Crippen LogP contribution >= 0.6 is 0 Å². The zero-order valence-electron chi connectivity index (χ0n) is 18.6. The van der Waals surface area contributed by atoms with Crippen LogP contribution in [-0.2, 0) is 0 Å². The summed E-state index contributed by atoms with van der Waals surface area (Å²) < 4.78 is 16.6. The minimum absolute atomic E-state index is 0.244. The molecular weight excluding hydrogens is 386 g/mol. The SMILES string of the molecule is CCCCCCCCCCCOc1ccc(C(C#N)=Cc2ccc3c(c2)OCO3)cc1. The average molecular weight is 420 g/mol. The van der Waals surface area contributed by atoms with E-state index in [-0.39, 0.29) is 6.79 Å². The molecule has 0 fully saturated rings.